The second kappa shape index (κ2) is 19.2. The number of hydrogen-bond acceptors (Lipinski definition) is 7. The van der Waals surface area contributed by atoms with E-state index in [2.05, 4.69) is 36.9 Å². The van der Waals surface area contributed by atoms with Crippen LogP contribution < -0.4 is 31.9 Å². The van der Waals surface area contributed by atoms with Crippen molar-refractivity contribution in [1.29, 1.82) is 0 Å². The first-order chi connectivity index (χ1) is 24.4. The molecule has 0 aliphatic carbocycles. The van der Waals surface area contributed by atoms with Gasteiger partial charge in [0.05, 0.1) is 18.3 Å². The molecule has 6 N–H and O–H groups in total. The summed E-state index contributed by atoms with van der Waals surface area (Å²) in [4.78, 5) is 84.8. The molecule has 0 saturated carbocycles. The highest BCUT2D eigenvalue weighted by Crippen LogP contribution is 2.20. The fraction of sp³-hybridized carbons (Fsp3) is 0.541. The van der Waals surface area contributed by atoms with Crippen molar-refractivity contribution in [2.75, 3.05) is 25.0 Å². The van der Waals surface area contributed by atoms with E-state index in [-0.39, 0.29) is 55.6 Å². The molecule has 284 valence electrons. The Kier molecular flexibility index (Phi) is 15.4. The van der Waals surface area contributed by atoms with Crippen LogP contribution in [-0.2, 0) is 30.5 Å². The molecular weight excluding hydrogens is 688 g/mol. The zero-order valence-electron chi connectivity index (χ0n) is 30.9. The molecule has 2 atom stereocenters. The lowest BCUT2D eigenvalue weighted by molar-refractivity contribution is -0.132. The fourth-order valence-corrected chi connectivity index (χ4v) is 5.54. The number of carbonyl (C=O) groups is 6. The van der Waals surface area contributed by atoms with E-state index >= 15 is 0 Å². The van der Waals surface area contributed by atoms with Crippen LogP contribution in [0.15, 0.2) is 48.8 Å². The van der Waals surface area contributed by atoms with Crippen LogP contribution in [0.5, 0.6) is 0 Å². The van der Waals surface area contributed by atoms with Crippen LogP contribution in [0.2, 0.25) is 5.02 Å². The fourth-order valence-electron chi connectivity index (χ4n) is 5.34. The number of carbonyl (C=O) groups excluding carboxylic acids is 6. The second-order valence-electron chi connectivity index (χ2n) is 15.2. The summed E-state index contributed by atoms with van der Waals surface area (Å²) in [6, 6.07) is 7.34. The molecule has 2 heterocycles. The van der Waals surface area contributed by atoms with Gasteiger partial charge in [-0.2, -0.15) is 0 Å². The van der Waals surface area contributed by atoms with Crippen LogP contribution in [-0.4, -0.2) is 82.7 Å². The highest BCUT2D eigenvalue weighted by Gasteiger charge is 2.33. The molecule has 1 aromatic heterocycles. The van der Waals surface area contributed by atoms with Crippen LogP contribution in [0.3, 0.4) is 0 Å². The summed E-state index contributed by atoms with van der Waals surface area (Å²) >= 11 is 6.27. The number of nitrogens with zero attached hydrogens (tertiary/aromatic N) is 2. The van der Waals surface area contributed by atoms with E-state index in [1.807, 2.05) is 41.5 Å². The Bertz CT molecular complexity index is 1550. The number of hydrogen-bond donors (Lipinski definition) is 6. The van der Waals surface area contributed by atoms with Crippen molar-refractivity contribution in [3.63, 3.8) is 0 Å². The molecular formula is C37H53ClN8O6. The number of piperidine rings is 1. The molecule has 0 unspecified atom stereocenters. The summed E-state index contributed by atoms with van der Waals surface area (Å²) in [5, 5.41) is 17.1. The average molecular weight is 741 g/mol. The van der Waals surface area contributed by atoms with Crippen LogP contribution in [0, 0.1) is 11.3 Å². The number of nitrogens with one attached hydrogen (secondary N) is 6. The maximum absolute atomic E-state index is 13.8. The van der Waals surface area contributed by atoms with Crippen molar-refractivity contribution in [2.45, 2.75) is 97.8 Å². The Morgan fingerprint density at radius 1 is 0.865 bits per heavy atom. The van der Waals surface area contributed by atoms with Gasteiger partial charge in [0.15, 0.2) is 0 Å². The van der Waals surface area contributed by atoms with Crippen molar-refractivity contribution in [3.8, 4) is 0 Å². The Morgan fingerprint density at radius 3 is 2.17 bits per heavy atom. The Hall–Kier alpha value is -4.72. The zero-order valence-corrected chi connectivity index (χ0v) is 31.7. The van der Waals surface area contributed by atoms with Gasteiger partial charge < -0.3 is 36.8 Å². The minimum absolute atomic E-state index is 0.0481. The van der Waals surface area contributed by atoms with Gasteiger partial charge in [-0.1, -0.05) is 50.6 Å². The maximum atomic E-state index is 13.8. The average Bonchev–Trinajstić information content (AvgIpc) is 3.07. The minimum Gasteiger partial charge on any atom is -0.355 e. The first kappa shape index (κ1) is 41.7. The van der Waals surface area contributed by atoms with Crippen LogP contribution in [0.1, 0.15) is 79.2 Å². The molecule has 1 aromatic carbocycles. The van der Waals surface area contributed by atoms with Crippen molar-refractivity contribution >= 4 is 52.9 Å². The number of aromatic nitrogens is 1. The van der Waals surface area contributed by atoms with Gasteiger partial charge in [-0.15, -0.1) is 0 Å². The molecule has 1 fully saturated rings. The maximum Gasteiger partial charge on any atom is 0.318 e. The number of amides is 7. The van der Waals surface area contributed by atoms with Crippen LogP contribution in [0.25, 0.3) is 0 Å². The SMILES string of the molecule is CC(C)(C)CNC(=O)C[C@H](NC(=O)N1CCC(C(=O)Nc2cccnc2)CC1)C(=O)N[C@@H](CCC(=O)NC(C)(C)C)C(=O)NCc1ccccc1Cl. The van der Waals surface area contributed by atoms with E-state index in [9.17, 15) is 28.8 Å². The topological polar surface area (TPSA) is 191 Å². The Morgan fingerprint density at radius 2 is 1.56 bits per heavy atom. The molecule has 7 amide bonds. The first-order valence-corrected chi connectivity index (χ1v) is 17.9. The van der Waals surface area contributed by atoms with Gasteiger partial charge >= 0.3 is 6.03 Å². The van der Waals surface area contributed by atoms with Gasteiger partial charge in [0.25, 0.3) is 0 Å². The molecule has 1 aliphatic rings. The van der Waals surface area contributed by atoms with E-state index in [0.717, 1.165) is 0 Å². The van der Waals surface area contributed by atoms with E-state index in [1.165, 1.54) is 4.90 Å². The quantitative estimate of drug-likeness (QED) is 0.171. The second-order valence-corrected chi connectivity index (χ2v) is 15.7. The third-order valence-corrected chi connectivity index (χ3v) is 8.49. The van der Waals surface area contributed by atoms with E-state index in [4.69, 9.17) is 11.6 Å². The molecule has 15 heteroatoms. The summed E-state index contributed by atoms with van der Waals surface area (Å²) in [5.41, 5.74) is 0.502. The smallest absolute Gasteiger partial charge is 0.318 e. The predicted molar refractivity (Wildman–Crippen MR) is 199 cm³/mol. The number of likely N-dealkylation sites (tertiary alicyclic amines) is 1. The van der Waals surface area contributed by atoms with Gasteiger partial charge in [-0.05, 0) is 69.2 Å². The van der Waals surface area contributed by atoms with Gasteiger partial charge in [-0.3, -0.25) is 29.0 Å². The highest BCUT2D eigenvalue weighted by atomic mass is 35.5. The molecule has 2 aromatic rings. The number of benzene rings is 1. The summed E-state index contributed by atoms with van der Waals surface area (Å²) in [5.74, 6) is -2.60. The van der Waals surface area contributed by atoms with E-state index < -0.39 is 47.8 Å². The summed E-state index contributed by atoms with van der Waals surface area (Å²) in [7, 11) is 0. The normalized spacial score (nSPS) is 14.7. The monoisotopic (exact) mass is 740 g/mol. The van der Waals surface area contributed by atoms with Crippen molar-refractivity contribution in [3.05, 3.63) is 59.4 Å². The number of rotatable bonds is 14. The van der Waals surface area contributed by atoms with Gasteiger partial charge in [-0.25, -0.2) is 4.79 Å². The number of pyridine rings is 1. The molecule has 1 saturated heterocycles. The molecule has 0 radical (unpaired) electrons. The first-order valence-electron chi connectivity index (χ1n) is 17.6. The van der Waals surface area contributed by atoms with E-state index in [0.29, 0.717) is 35.7 Å². The largest absolute Gasteiger partial charge is 0.355 e. The van der Waals surface area contributed by atoms with Crippen molar-refractivity contribution in [1.82, 2.24) is 36.5 Å². The summed E-state index contributed by atoms with van der Waals surface area (Å²) in [6.45, 7) is 12.2. The van der Waals surface area contributed by atoms with Gasteiger partial charge in [0, 0.05) is 55.3 Å². The van der Waals surface area contributed by atoms with Crippen molar-refractivity contribution in [2.24, 2.45) is 11.3 Å². The molecule has 3 rings (SSSR count). The highest BCUT2D eigenvalue weighted by molar-refractivity contribution is 6.31. The lowest BCUT2D eigenvalue weighted by Gasteiger charge is -2.32. The van der Waals surface area contributed by atoms with Gasteiger partial charge in [0.2, 0.25) is 29.5 Å². The summed E-state index contributed by atoms with van der Waals surface area (Å²) in [6.07, 6.45) is 3.44. The van der Waals surface area contributed by atoms with E-state index in [1.54, 1.807) is 48.8 Å². The van der Waals surface area contributed by atoms with Gasteiger partial charge in [0.1, 0.15) is 12.1 Å². The zero-order chi connectivity index (χ0) is 38.5. The summed E-state index contributed by atoms with van der Waals surface area (Å²) < 4.78 is 0. The van der Waals surface area contributed by atoms with Crippen LogP contribution in [0.4, 0.5) is 10.5 Å². The minimum atomic E-state index is -1.35. The number of anilines is 1. The number of urea groups is 1. The lowest BCUT2D eigenvalue weighted by atomic mass is 9.96. The molecule has 1 aliphatic heterocycles. The molecule has 0 bridgehead atoms. The standard InChI is InChI=1S/C37H53ClN8O6/c1-36(2,3)23-41-31(48)20-29(44-35(52)46-18-15-24(16-19-46)32(49)42-26-11-9-17-39-22-26)34(51)43-28(13-14-30(47)45-37(4,5)6)33(50)40-21-25-10-7-8-12-27(25)38/h7-12,17,22,24,28-29H,13-16,18-21,23H2,1-6H3,(H,40,50)(H,41,48)(H,42,49)(H,43,51)(H,44,52)(H,45,47)/t28-,29-/m0/s1. The Labute approximate surface area is 311 Å². The van der Waals surface area contributed by atoms with Crippen molar-refractivity contribution < 1.29 is 28.8 Å². The predicted octanol–water partition coefficient (Wildman–Crippen LogP) is 3.51. The third-order valence-electron chi connectivity index (χ3n) is 8.12. The molecule has 14 nitrogen and oxygen atoms in total. The molecule has 52 heavy (non-hydrogen) atoms. The number of halogens is 1. The third kappa shape index (κ3) is 14.9. The lowest BCUT2D eigenvalue weighted by Crippen LogP contribution is -2.57. The molecule has 0 spiro atoms. The van der Waals surface area contributed by atoms with Crippen LogP contribution >= 0.6 is 11.6 Å². The Balaban J connectivity index is 1.72.